The van der Waals surface area contributed by atoms with Gasteiger partial charge in [-0.2, -0.15) is 0 Å². The van der Waals surface area contributed by atoms with Crippen molar-refractivity contribution in [3.05, 3.63) is 70.4 Å². The molecule has 3 nitrogen and oxygen atoms in total. The number of hydrogen-bond donors (Lipinski definition) is 1. The zero-order valence-corrected chi connectivity index (χ0v) is 15.0. The fourth-order valence-electron chi connectivity index (χ4n) is 3.69. The number of benzene rings is 2. The number of aromatic nitrogens is 1. The first kappa shape index (κ1) is 16.2. The SMILES string of the molecule is Cc1ccc2[nH]c(C3CCN(C(=O)c4ccccc4Cl)CC3)cc2c1. The maximum absolute atomic E-state index is 12.7. The molecule has 1 N–H and O–H groups in total. The van der Waals surface area contributed by atoms with Gasteiger partial charge < -0.3 is 9.88 Å². The molecule has 0 unspecified atom stereocenters. The van der Waals surface area contributed by atoms with Gasteiger partial charge in [0.25, 0.3) is 5.91 Å². The van der Waals surface area contributed by atoms with Crippen molar-refractivity contribution in [3.63, 3.8) is 0 Å². The summed E-state index contributed by atoms with van der Waals surface area (Å²) in [4.78, 5) is 18.1. The van der Waals surface area contributed by atoms with Crippen molar-refractivity contribution in [1.82, 2.24) is 9.88 Å². The summed E-state index contributed by atoms with van der Waals surface area (Å²) in [5.74, 6) is 0.513. The van der Waals surface area contributed by atoms with Gasteiger partial charge in [-0.1, -0.05) is 35.4 Å². The van der Waals surface area contributed by atoms with E-state index in [0.29, 0.717) is 16.5 Å². The number of H-pyrrole nitrogens is 1. The molecule has 2 heterocycles. The number of piperidine rings is 1. The van der Waals surface area contributed by atoms with Crippen LogP contribution in [0.2, 0.25) is 5.02 Å². The number of amides is 1. The number of halogens is 1. The molecule has 1 fully saturated rings. The Morgan fingerprint density at radius 3 is 2.64 bits per heavy atom. The number of carbonyl (C=O) groups excluding carboxylic acids is 1. The molecular weight excluding hydrogens is 332 g/mol. The van der Waals surface area contributed by atoms with E-state index in [1.54, 1.807) is 12.1 Å². The highest BCUT2D eigenvalue weighted by molar-refractivity contribution is 6.33. The van der Waals surface area contributed by atoms with E-state index in [0.717, 1.165) is 25.9 Å². The van der Waals surface area contributed by atoms with E-state index >= 15 is 0 Å². The summed E-state index contributed by atoms with van der Waals surface area (Å²) in [5.41, 5.74) is 4.35. The van der Waals surface area contributed by atoms with E-state index in [1.165, 1.54) is 22.2 Å². The van der Waals surface area contributed by atoms with Crippen molar-refractivity contribution in [2.45, 2.75) is 25.7 Å². The van der Waals surface area contributed by atoms with E-state index in [9.17, 15) is 4.79 Å². The van der Waals surface area contributed by atoms with Crippen LogP contribution >= 0.6 is 11.6 Å². The Labute approximate surface area is 152 Å². The molecule has 128 valence electrons. The number of aromatic amines is 1. The predicted molar refractivity (Wildman–Crippen MR) is 102 cm³/mol. The lowest BCUT2D eigenvalue weighted by Gasteiger charge is -2.32. The minimum Gasteiger partial charge on any atom is -0.358 e. The predicted octanol–water partition coefficient (Wildman–Crippen LogP) is 5.15. The Bertz CT molecular complexity index is 923. The van der Waals surface area contributed by atoms with Crippen molar-refractivity contribution in [3.8, 4) is 0 Å². The zero-order valence-electron chi connectivity index (χ0n) is 14.3. The number of nitrogens with one attached hydrogen (secondary N) is 1. The van der Waals surface area contributed by atoms with E-state index in [2.05, 4.69) is 36.2 Å². The Hall–Kier alpha value is -2.26. The van der Waals surface area contributed by atoms with Gasteiger partial charge in [-0.05, 0) is 55.5 Å². The third kappa shape index (κ3) is 3.16. The third-order valence-electron chi connectivity index (χ3n) is 5.12. The topological polar surface area (TPSA) is 36.1 Å². The molecule has 0 aliphatic carbocycles. The number of rotatable bonds is 2. The number of likely N-dealkylation sites (tertiary alicyclic amines) is 1. The quantitative estimate of drug-likeness (QED) is 0.680. The van der Waals surface area contributed by atoms with Gasteiger partial charge >= 0.3 is 0 Å². The lowest BCUT2D eigenvalue weighted by Crippen LogP contribution is -2.38. The largest absolute Gasteiger partial charge is 0.358 e. The molecule has 25 heavy (non-hydrogen) atoms. The average molecular weight is 353 g/mol. The smallest absolute Gasteiger partial charge is 0.255 e. The summed E-state index contributed by atoms with van der Waals surface area (Å²) in [5, 5.41) is 1.80. The Morgan fingerprint density at radius 2 is 1.88 bits per heavy atom. The van der Waals surface area contributed by atoms with Gasteiger partial charge in [-0.15, -0.1) is 0 Å². The van der Waals surface area contributed by atoms with E-state index in [4.69, 9.17) is 11.6 Å². The number of fused-ring (bicyclic) bond motifs is 1. The summed E-state index contributed by atoms with van der Waals surface area (Å²) >= 11 is 6.17. The minimum atomic E-state index is 0.0383. The van der Waals surface area contributed by atoms with Crippen LogP contribution in [0.15, 0.2) is 48.5 Å². The van der Waals surface area contributed by atoms with Gasteiger partial charge in [0.05, 0.1) is 10.6 Å². The molecule has 4 heteroatoms. The standard InChI is InChI=1S/C21H21ClN2O/c1-14-6-7-19-16(12-14)13-20(23-19)15-8-10-24(11-9-15)21(25)17-4-2-3-5-18(17)22/h2-7,12-13,15,23H,8-11H2,1H3. The first-order chi connectivity index (χ1) is 12.1. The van der Waals surface area contributed by atoms with Crippen LogP contribution in [-0.4, -0.2) is 28.9 Å². The van der Waals surface area contributed by atoms with Crippen molar-refractivity contribution in [2.24, 2.45) is 0 Å². The fourth-order valence-corrected chi connectivity index (χ4v) is 3.91. The van der Waals surface area contributed by atoms with Crippen LogP contribution in [0.25, 0.3) is 10.9 Å². The monoisotopic (exact) mass is 352 g/mol. The molecule has 2 aromatic carbocycles. The number of carbonyl (C=O) groups is 1. The van der Waals surface area contributed by atoms with Crippen LogP contribution < -0.4 is 0 Å². The van der Waals surface area contributed by atoms with Crippen molar-refractivity contribution >= 4 is 28.4 Å². The number of nitrogens with zero attached hydrogens (tertiary/aromatic N) is 1. The van der Waals surface area contributed by atoms with Gasteiger partial charge in [-0.25, -0.2) is 0 Å². The Morgan fingerprint density at radius 1 is 1.12 bits per heavy atom. The first-order valence-corrected chi connectivity index (χ1v) is 9.13. The minimum absolute atomic E-state index is 0.0383. The maximum Gasteiger partial charge on any atom is 0.255 e. The lowest BCUT2D eigenvalue weighted by molar-refractivity contribution is 0.0712. The molecule has 0 saturated carbocycles. The number of aryl methyl sites for hydroxylation is 1. The summed E-state index contributed by atoms with van der Waals surface area (Å²) in [6.07, 6.45) is 1.95. The van der Waals surface area contributed by atoms with Crippen LogP contribution in [0.1, 0.15) is 40.4 Å². The van der Waals surface area contributed by atoms with Crippen molar-refractivity contribution in [1.29, 1.82) is 0 Å². The molecule has 1 amide bonds. The Kier molecular flexibility index (Phi) is 4.26. The van der Waals surface area contributed by atoms with Crippen LogP contribution in [0.5, 0.6) is 0 Å². The van der Waals surface area contributed by atoms with Gasteiger partial charge in [0, 0.05) is 30.2 Å². The number of hydrogen-bond acceptors (Lipinski definition) is 1. The summed E-state index contributed by atoms with van der Waals surface area (Å²) in [7, 11) is 0. The highest BCUT2D eigenvalue weighted by atomic mass is 35.5. The molecular formula is C21H21ClN2O. The highest BCUT2D eigenvalue weighted by Gasteiger charge is 2.26. The molecule has 1 aliphatic rings. The Balaban J connectivity index is 1.47. The second-order valence-electron chi connectivity index (χ2n) is 6.86. The first-order valence-electron chi connectivity index (χ1n) is 8.75. The summed E-state index contributed by atoms with van der Waals surface area (Å²) in [6, 6.07) is 16.0. The highest BCUT2D eigenvalue weighted by Crippen LogP contribution is 2.31. The summed E-state index contributed by atoms with van der Waals surface area (Å²) in [6.45, 7) is 3.65. The average Bonchev–Trinajstić information content (AvgIpc) is 3.05. The molecule has 3 aromatic rings. The van der Waals surface area contributed by atoms with Crippen molar-refractivity contribution < 1.29 is 4.79 Å². The van der Waals surface area contributed by atoms with Crippen LogP contribution in [0, 0.1) is 6.92 Å². The van der Waals surface area contributed by atoms with E-state index in [-0.39, 0.29) is 5.91 Å². The van der Waals surface area contributed by atoms with Crippen molar-refractivity contribution in [2.75, 3.05) is 13.1 Å². The second kappa shape index (κ2) is 6.57. The van der Waals surface area contributed by atoms with E-state index in [1.807, 2.05) is 17.0 Å². The normalized spacial score (nSPS) is 15.7. The molecule has 0 bridgehead atoms. The van der Waals surface area contributed by atoms with Gasteiger partial charge in [0.15, 0.2) is 0 Å². The van der Waals surface area contributed by atoms with Crippen LogP contribution in [0.4, 0.5) is 0 Å². The van der Waals surface area contributed by atoms with Gasteiger partial charge in [0.2, 0.25) is 0 Å². The maximum atomic E-state index is 12.7. The van der Waals surface area contributed by atoms with Gasteiger partial charge in [0.1, 0.15) is 0 Å². The molecule has 1 aromatic heterocycles. The molecule has 1 aliphatic heterocycles. The molecule has 4 rings (SSSR count). The van der Waals surface area contributed by atoms with Crippen LogP contribution in [-0.2, 0) is 0 Å². The zero-order chi connectivity index (χ0) is 17.4. The molecule has 0 spiro atoms. The van der Waals surface area contributed by atoms with Crippen LogP contribution in [0.3, 0.4) is 0 Å². The second-order valence-corrected chi connectivity index (χ2v) is 7.27. The fraction of sp³-hybridized carbons (Fsp3) is 0.286. The van der Waals surface area contributed by atoms with Gasteiger partial charge in [-0.3, -0.25) is 4.79 Å². The molecule has 1 saturated heterocycles. The summed E-state index contributed by atoms with van der Waals surface area (Å²) < 4.78 is 0. The third-order valence-corrected chi connectivity index (χ3v) is 5.45. The van der Waals surface area contributed by atoms with E-state index < -0.39 is 0 Å². The lowest BCUT2D eigenvalue weighted by atomic mass is 9.93. The molecule has 0 radical (unpaired) electrons. The molecule has 0 atom stereocenters.